The van der Waals surface area contributed by atoms with Gasteiger partial charge in [0.2, 0.25) is 5.91 Å². The zero-order valence-electron chi connectivity index (χ0n) is 16.9. The summed E-state index contributed by atoms with van der Waals surface area (Å²) in [6.07, 6.45) is 6.35. The first-order valence-electron chi connectivity index (χ1n) is 10.7. The molecule has 0 saturated carbocycles. The average Bonchev–Trinajstić information content (AvgIpc) is 3.20. The molecule has 2 N–H and O–H groups in total. The van der Waals surface area contributed by atoms with Gasteiger partial charge in [0, 0.05) is 13.1 Å². The van der Waals surface area contributed by atoms with Crippen molar-refractivity contribution in [3.8, 4) is 0 Å². The minimum Gasteiger partial charge on any atom is -0.351 e. The highest BCUT2D eigenvalue weighted by Crippen LogP contribution is 2.19. The van der Waals surface area contributed by atoms with Crippen LogP contribution in [-0.4, -0.2) is 62.0 Å². The van der Waals surface area contributed by atoms with E-state index in [4.69, 9.17) is 0 Å². The average molecular weight is 373 g/mol. The predicted molar refractivity (Wildman–Crippen MR) is 111 cm³/mol. The summed E-state index contributed by atoms with van der Waals surface area (Å²) in [7, 11) is 2.01. The first kappa shape index (κ1) is 20.3. The van der Waals surface area contributed by atoms with Crippen LogP contribution in [0.4, 0.5) is 0 Å². The highest BCUT2D eigenvalue weighted by Gasteiger charge is 2.20. The van der Waals surface area contributed by atoms with Gasteiger partial charge in [0.15, 0.2) is 0 Å². The van der Waals surface area contributed by atoms with E-state index in [1.165, 1.54) is 56.3 Å². The summed E-state index contributed by atoms with van der Waals surface area (Å²) in [5, 5.41) is 6.32. The number of piperidine rings is 1. The molecule has 5 heteroatoms. The predicted octanol–water partition coefficient (Wildman–Crippen LogP) is 2.22. The Bertz CT molecular complexity index is 560. The number of amides is 1. The van der Waals surface area contributed by atoms with Crippen molar-refractivity contribution in [3.63, 3.8) is 0 Å². The number of rotatable bonds is 9. The van der Waals surface area contributed by atoms with Crippen LogP contribution in [0.25, 0.3) is 0 Å². The van der Waals surface area contributed by atoms with E-state index in [0.29, 0.717) is 13.1 Å². The quantitative estimate of drug-likeness (QED) is 0.698. The molecule has 0 aromatic heterocycles. The molecule has 0 bridgehead atoms. The lowest BCUT2D eigenvalue weighted by molar-refractivity contribution is -0.122. The number of nitrogens with zero attached hydrogens (tertiary/aromatic N) is 2. The van der Waals surface area contributed by atoms with Crippen molar-refractivity contribution in [2.24, 2.45) is 5.92 Å². The third kappa shape index (κ3) is 6.91. The van der Waals surface area contributed by atoms with Crippen LogP contribution < -0.4 is 10.6 Å². The highest BCUT2D eigenvalue weighted by molar-refractivity contribution is 5.78. The minimum atomic E-state index is 0.143. The van der Waals surface area contributed by atoms with Gasteiger partial charge in [-0.25, -0.2) is 0 Å². The Hall–Kier alpha value is -1.43. The van der Waals surface area contributed by atoms with E-state index < -0.39 is 0 Å². The molecule has 2 aliphatic rings. The van der Waals surface area contributed by atoms with Crippen molar-refractivity contribution in [2.75, 3.05) is 46.3 Å². The lowest BCUT2D eigenvalue weighted by Crippen LogP contribution is -2.41. The Labute approximate surface area is 164 Å². The van der Waals surface area contributed by atoms with Gasteiger partial charge in [0.25, 0.3) is 0 Å². The van der Waals surface area contributed by atoms with Gasteiger partial charge in [0.05, 0.1) is 6.54 Å². The lowest BCUT2D eigenvalue weighted by atomic mass is 9.93. The number of benzene rings is 1. The number of carbonyl (C=O) groups is 1. The van der Waals surface area contributed by atoms with Crippen LogP contribution in [-0.2, 0) is 17.9 Å². The fourth-order valence-electron chi connectivity index (χ4n) is 4.20. The highest BCUT2D eigenvalue weighted by atomic mass is 16.2. The zero-order valence-corrected chi connectivity index (χ0v) is 16.9. The van der Waals surface area contributed by atoms with Crippen molar-refractivity contribution in [1.82, 2.24) is 20.4 Å². The van der Waals surface area contributed by atoms with Crippen LogP contribution in [0.15, 0.2) is 24.3 Å². The monoisotopic (exact) mass is 372 g/mol. The zero-order chi connectivity index (χ0) is 18.9. The van der Waals surface area contributed by atoms with E-state index in [0.717, 1.165) is 32.1 Å². The molecular formula is C22H36N4O. The smallest absolute Gasteiger partial charge is 0.234 e. The van der Waals surface area contributed by atoms with Gasteiger partial charge in [-0.15, -0.1) is 0 Å². The second-order valence-electron chi connectivity index (χ2n) is 8.19. The fourth-order valence-corrected chi connectivity index (χ4v) is 4.20. The minimum absolute atomic E-state index is 0.143. The summed E-state index contributed by atoms with van der Waals surface area (Å²) >= 11 is 0. The summed E-state index contributed by atoms with van der Waals surface area (Å²) in [6, 6.07) is 8.71. The van der Waals surface area contributed by atoms with E-state index in [1.807, 2.05) is 7.05 Å². The Morgan fingerprint density at radius 3 is 2.33 bits per heavy atom. The standard InChI is InChI=1S/C22H36N4O/c1-23-11-8-19-9-14-26(15-10-19)18-22(27)24-16-20-4-6-21(7-5-20)17-25-12-2-3-13-25/h4-7,19,23H,2-3,8-18H2,1H3,(H,24,27). The Kier molecular flexibility index (Phi) is 8.11. The number of hydrogen-bond donors (Lipinski definition) is 2. The van der Waals surface area contributed by atoms with E-state index in [1.54, 1.807) is 0 Å². The van der Waals surface area contributed by atoms with Crippen molar-refractivity contribution in [2.45, 2.75) is 45.2 Å². The van der Waals surface area contributed by atoms with Crippen molar-refractivity contribution in [1.29, 1.82) is 0 Å². The van der Waals surface area contributed by atoms with Crippen molar-refractivity contribution >= 4 is 5.91 Å². The SMILES string of the molecule is CNCCC1CCN(CC(=O)NCc2ccc(CN3CCCC3)cc2)CC1. The second-order valence-corrected chi connectivity index (χ2v) is 8.19. The molecule has 150 valence electrons. The first-order valence-corrected chi connectivity index (χ1v) is 10.7. The Balaban J connectivity index is 1.33. The van der Waals surface area contributed by atoms with E-state index >= 15 is 0 Å². The Morgan fingerprint density at radius 1 is 1.00 bits per heavy atom. The van der Waals surface area contributed by atoms with Gasteiger partial charge in [-0.2, -0.15) is 0 Å². The first-order chi connectivity index (χ1) is 13.2. The normalized spacial score (nSPS) is 19.4. The van der Waals surface area contributed by atoms with Gasteiger partial charge in [-0.1, -0.05) is 24.3 Å². The maximum atomic E-state index is 12.3. The number of carbonyl (C=O) groups excluding carboxylic acids is 1. The molecule has 2 fully saturated rings. The molecule has 3 rings (SSSR count). The molecule has 0 spiro atoms. The van der Waals surface area contributed by atoms with Crippen LogP contribution in [0.5, 0.6) is 0 Å². The molecule has 0 radical (unpaired) electrons. The fraction of sp³-hybridized carbons (Fsp3) is 0.682. The molecular weight excluding hydrogens is 336 g/mol. The summed E-state index contributed by atoms with van der Waals surface area (Å²) in [4.78, 5) is 17.1. The summed E-state index contributed by atoms with van der Waals surface area (Å²) in [5.41, 5.74) is 2.55. The molecule has 1 aromatic carbocycles. The molecule has 1 amide bonds. The third-order valence-electron chi connectivity index (χ3n) is 5.99. The van der Waals surface area contributed by atoms with E-state index in [9.17, 15) is 4.79 Å². The maximum Gasteiger partial charge on any atom is 0.234 e. The second kappa shape index (κ2) is 10.8. The molecule has 27 heavy (non-hydrogen) atoms. The van der Waals surface area contributed by atoms with Crippen LogP contribution >= 0.6 is 0 Å². The van der Waals surface area contributed by atoms with E-state index in [-0.39, 0.29) is 5.91 Å². The third-order valence-corrected chi connectivity index (χ3v) is 5.99. The summed E-state index contributed by atoms with van der Waals surface area (Å²) < 4.78 is 0. The van der Waals surface area contributed by atoms with Crippen LogP contribution in [0.3, 0.4) is 0 Å². The van der Waals surface area contributed by atoms with Gasteiger partial charge in [-0.05, 0) is 88.9 Å². The van der Waals surface area contributed by atoms with Gasteiger partial charge < -0.3 is 10.6 Å². The maximum absolute atomic E-state index is 12.3. The molecule has 1 aromatic rings. The largest absolute Gasteiger partial charge is 0.351 e. The van der Waals surface area contributed by atoms with Gasteiger partial charge in [0.1, 0.15) is 0 Å². The molecule has 0 atom stereocenters. The van der Waals surface area contributed by atoms with Gasteiger partial charge in [-0.3, -0.25) is 14.6 Å². The topological polar surface area (TPSA) is 47.6 Å². The van der Waals surface area contributed by atoms with Crippen LogP contribution in [0, 0.1) is 5.92 Å². The van der Waals surface area contributed by atoms with Crippen LogP contribution in [0.1, 0.15) is 43.2 Å². The van der Waals surface area contributed by atoms with Crippen molar-refractivity contribution < 1.29 is 4.79 Å². The number of nitrogens with one attached hydrogen (secondary N) is 2. The van der Waals surface area contributed by atoms with Gasteiger partial charge >= 0.3 is 0 Å². The van der Waals surface area contributed by atoms with E-state index in [2.05, 4.69) is 44.7 Å². The molecule has 2 aliphatic heterocycles. The van der Waals surface area contributed by atoms with Crippen molar-refractivity contribution in [3.05, 3.63) is 35.4 Å². The molecule has 2 heterocycles. The molecule has 0 aliphatic carbocycles. The molecule has 0 unspecified atom stereocenters. The van der Waals surface area contributed by atoms with Crippen LogP contribution in [0.2, 0.25) is 0 Å². The molecule has 5 nitrogen and oxygen atoms in total. The number of hydrogen-bond acceptors (Lipinski definition) is 4. The lowest BCUT2D eigenvalue weighted by Gasteiger charge is -2.31. The number of likely N-dealkylation sites (tertiary alicyclic amines) is 2. The Morgan fingerprint density at radius 2 is 1.67 bits per heavy atom. The summed E-state index contributed by atoms with van der Waals surface area (Å²) in [6.45, 7) is 7.86. The summed E-state index contributed by atoms with van der Waals surface area (Å²) in [5.74, 6) is 0.959. The molecule has 2 saturated heterocycles.